The quantitative estimate of drug-likeness (QED) is 0.503. The number of hydrogen-bond acceptors (Lipinski definition) is 4. The average Bonchev–Trinajstić information content (AvgIpc) is 2.96. The molecule has 1 aromatic carbocycles. The third kappa shape index (κ3) is 3.49. The Bertz CT molecular complexity index is 1120. The van der Waals surface area contributed by atoms with Crippen LogP contribution in [-0.2, 0) is 11.2 Å². The molecule has 0 aliphatic carbocycles. The lowest BCUT2D eigenvalue weighted by Crippen LogP contribution is -2.04. The van der Waals surface area contributed by atoms with Gasteiger partial charge < -0.3 is 9.67 Å². The van der Waals surface area contributed by atoms with Crippen LogP contribution in [0.5, 0.6) is 0 Å². The molecule has 0 unspecified atom stereocenters. The van der Waals surface area contributed by atoms with Crippen molar-refractivity contribution in [3.8, 4) is 11.8 Å². The van der Waals surface area contributed by atoms with Crippen LogP contribution in [0, 0.1) is 25.2 Å². The number of fused-ring (bicyclic) bond motifs is 1. The Morgan fingerprint density at radius 1 is 1.25 bits per heavy atom. The number of aliphatic carboxylic acids is 1. The highest BCUT2D eigenvalue weighted by atomic mass is 35.5. The summed E-state index contributed by atoms with van der Waals surface area (Å²) in [5.74, 6) is -1.26. The lowest BCUT2D eigenvalue weighted by molar-refractivity contribution is -0.136. The van der Waals surface area contributed by atoms with Gasteiger partial charge in [-0.05, 0) is 56.2 Å². The first-order valence-electron chi connectivity index (χ1n) is 8.70. The van der Waals surface area contributed by atoms with Gasteiger partial charge in [0.1, 0.15) is 0 Å². The molecule has 0 aliphatic rings. The fourth-order valence-corrected chi connectivity index (χ4v) is 3.50. The van der Waals surface area contributed by atoms with E-state index in [2.05, 4.69) is 11.1 Å². The van der Waals surface area contributed by atoms with Crippen molar-refractivity contribution < 1.29 is 14.7 Å². The molecule has 6 nitrogen and oxygen atoms in total. The maximum atomic E-state index is 12.5. The second-order valence-electron chi connectivity index (χ2n) is 6.51. The van der Waals surface area contributed by atoms with E-state index in [-0.39, 0.29) is 18.1 Å². The predicted molar refractivity (Wildman–Crippen MR) is 106 cm³/mol. The summed E-state index contributed by atoms with van der Waals surface area (Å²) in [6.45, 7) is 3.63. The molecule has 0 spiro atoms. The molecule has 0 radical (unpaired) electrons. The summed E-state index contributed by atoms with van der Waals surface area (Å²) in [5.41, 5.74) is 5.23. The lowest BCUT2D eigenvalue weighted by atomic mass is 10.1. The second kappa shape index (κ2) is 7.83. The highest BCUT2D eigenvalue weighted by Crippen LogP contribution is 2.30. The molecular weight excluding hydrogens is 378 g/mol. The predicted octanol–water partition coefficient (Wildman–Crippen LogP) is 3.95. The normalized spacial score (nSPS) is 10.8. The third-order valence-electron chi connectivity index (χ3n) is 4.74. The Balaban J connectivity index is 2.29. The number of aryl methyl sites for hydroxylation is 2. The molecule has 0 fully saturated rings. The number of pyridine rings is 1. The minimum atomic E-state index is -0.879. The molecule has 7 heteroatoms. The van der Waals surface area contributed by atoms with Crippen LogP contribution in [-0.4, -0.2) is 32.3 Å². The fraction of sp³-hybridized carbons (Fsp3) is 0.238. The molecule has 0 bridgehead atoms. The minimum Gasteiger partial charge on any atom is -0.481 e. The Kier molecular flexibility index (Phi) is 5.48. The van der Waals surface area contributed by atoms with Crippen LogP contribution in [0.1, 0.15) is 39.3 Å². The van der Waals surface area contributed by atoms with Gasteiger partial charge in [-0.3, -0.25) is 14.6 Å². The number of aromatic nitrogens is 2. The van der Waals surface area contributed by atoms with E-state index < -0.39 is 5.97 Å². The molecule has 3 rings (SSSR count). The summed E-state index contributed by atoms with van der Waals surface area (Å²) < 4.78 is 1.90. The van der Waals surface area contributed by atoms with E-state index >= 15 is 0 Å². The van der Waals surface area contributed by atoms with Crippen LogP contribution in [0.3, 0.4) is 0 Å². The van der Waals surface area contributed by atoms with E-state index in [9.17, 15) is 9.59 Å². The number of hydrogen-bond donors (Lipinski definition) is 1. The molecule has 1 N–H and O–H groups in total. The number of halogens is 1. The van der Waals surface area contributed by atoms with Crippen molar-refractivity contribution in [2.45, 2.75) is 26.7 Å². The number of ketones is 1. The number of benzene rings is 1. The van der Waals surface area contributed by atoms with Gasteiger partial charge in [-0.2, -0.15) is 5.26 Å². The summed E-state index contributed by atoms with van der Waals surface area (Å²) in [5, 5.41) is 18.0. The monoisotopic (exact) mass is 395 g/mol. The summed E-state index contributed by atoms with van der Waals surface area (Å²) in [4.78, 5) is 28.1. The van der Waals surface area contributed by atoms with Gasteiger partial charge in [-0.25, -0.2) is 0 Å². The molecule has 0 saturated carbocycles. The van der Waals surface area contributed by atoms with Crippen LogP contribution in [0.15, 0.2) is 30.3 Å². The number of Topliss-reactive ketones (excluding diaryl/α,β-unsaturated/α-hetero) is 1. The van der Waals surface area contributed by atoms with Crippen molar-refractivity contribution in [2.75, 3.05) is 5.88 Å². The van der Waals surface area contributed by atoms with E-state index in [1.165, 1.54) is 0 Å². The molecular formula is C21H18ClN3O3. The first kappa shape index (κ1) is 19.6. The molecule has 2 aromatic heterocycles. The smallest absolute Gasteiger partial charge is 0.303 e. The van der Waals surface area contributed by atoms with Crippen molar-refractivity contribution in [1.29, 1.82) is 5.26 Å². The van der Waals surface area contributed by atoms with Crippen LogP contribution in [0.4, 0.5) is 0 Å². The number of nitrogens with zero attached hydrogens (tertiary/aromatic N) is 3. The first-order valence-corrected chi connectivity index (χ1v) is 9.23. The first-order chi connectivity index (χ1) is 13.4. The minimum absolute atomic E-state index is 0.00193. The molecule has 3 aromatic rings. The molecule has 0 aliphatic heterocycles. The molecule has 28 heavy (non-hydrogen) atoms. The van der Waals surface area contributed by atoms with E-state index in [0.717, 1.165) is 11.3 Å². The standard InChI is InChI=1S/C21H18ClN3O3/c1-12-15(5-8-19(27)28)9-17-21(24-12)20(18(26)10-22)13(2)25(17)16-6-3-14(11-23)4-7-16/h3-4,6-7,9H,5,8,10H2,1-2H3,(H,27,28). The van der Waals surface area contributed by atoms with E-state index in [4.69, 9.17) is 22.0 Å². The highest BCUT2D eigenvalue weighted by molar-refractivity contribution is 6.32. The van der Waals surface area contributed by atoms with Crippen LogP contribution in [0.25, 0.3) is 16.7 Å². The largest absolute Gasteiger partial charge is 0.481 e. The Morgan fingerprint density at radius 2 is 1.93 bits per heavy atom. The number of carboxylic acid groups (broad SMARTS) is 1. The van der Waals surface area contributed by atoms with Gasteiger partial charge in [-0.1, -0.05) is 0 Å². The van der Waals surface area contributed by atoms with E-state index in [1.54, 1.807) is 31.2 Å². The molecule has 0 atom stereocenters. The fourth-order valence-electron chi connectivity index (χ4n) is 3.37. The van der Waals surface area contributed by atoms with Gasteiger partial charge >= 0.3 is 5.97 Å². The highest BCUT2D eigenvalue weighted by Gasteiger charge is 2.22. The summed E-state index contributed by atoms with van der Waals surface area (Å²) in [6, 6.07) is 11.0. The number of carbonyl (C=O) groups is 2. The number of carbonyl (C=O) groups excluding carboxylic acids is 1. The van der Waals surface area contributed by atoms with Crippen LogP contribution < -0.4 is 0 Å². The van der Waals surface area contributed by atoms with Crippen molar-refractivity contribution in [2.24, 2.45) is 0 Å². The molecule has 0 amide bonds. The maximum Gasteiger partial charge on any atom is 0.303 e. The summed E-state index contributed by atoms with van der Waals surface area (Å²) >= 11 is 5.82. The van der Waals surface area contributed by atoms with Gasteiger partial charge in [0.2, 0.25) is 0 Å². The Morgan fingerprint density at radius 3 is 2.50 bits per heavy atom. The topological polar surface area (TPSA) is 96.0 Å². The summed E-state index contributed by atoms with van der Waals surface area (Å²) in [6.07, 6.45) is 0.346. The van der Waals surface area contributed by atoms with Gasteiger partial charge in [-0.15, -0.1) is 11.6 Å². The Labute approximate surface area is 167 Å². The van der Waals surface area contributed by atoms with Gasteiger partial charge in [0, 0.05) is 23.5 Å². The van der Waals surface area contributed by atoms with E-state index in [1.807, 2.05) is 17.6 Å². The van der Waals surface area contributed by atoms with Gasteiger partial charge in [0.25, 0.3) is 0 Å². The van der Waals surface area contributed by atoms with Crippen molar-refractivity contribution in [3.63, 3.8) is 0 Å². The van der Waals surface area contributed by atoms with E-state index in [0.29, 0.717) is 40.0 Å². The number of carboxylic acids is 1. The van der Waals surface area contributed by atoms with Crippen LogP contribution in [0.2, 0.25) is 0 Å². The SMILES string of the molecule is Cc1nc2c(C(=O)CCl)c(C)n(-c3ccc(C#N)cc3)c2cc1CCC(=O)O. The zero-order chi connectivity index (χ0) is 20.4. The van der Waals surface area contributed by atoms with Gasteiger partial charge in [0.05, 0.1) is 34.1 Å². The number of nitriles is 1. The van der Waals surface area contributed by atoms with Gasteiger partial charge in [0.15, 0.2) is 5.78 Å². The number of alkyl halides is 1. The summed E-state index contributed by atoms with van der Waals surface area (Å²) in [7, 11) is 0. The van der Waals surface area contributed by atoms with Crippen molar-refractivity contribution in [1.82, 2.24) is 9.55 Å². The molecule has 142 valence electrons. The zero-order valence-electron chi connectivity index (χ0n) is 15.5. The molecule has 0 saturated heterocycles. The lowest BCUT2D eigenvalue weighted by Gasteiger charge is -2.10. The third-order valence-corrected chi connectivity index (χ3v) is 4.98. The van der Waals surface area contributed by atoms with Crippen molar-refractivity contribution >= 4 is 34.4 Å². The maximum absolute atomic E-state index is 12.5. The molecule has 2 heterocycles. The number of rotatable bonds is 6. The van der Waals surface area contributed by atoms with Crippen molar-refractivity contribution in [3.05, 3.63) is 58.4 Å². The second-order valence-corrected chi connectivity index (χ2v) is 6.77. The zero-order valence-corrected chi connectivity index (χ0v) is 16.2. The average molecular weight is 396 g/mol. The Hall–Kier alpha value is -3.17. The van der Waals surface area contributed by atoms with Crippen LogP contribution >= 0.6 is 11.6 Å².